The van der Waals surface area contributed by atoms with Crippen LogP contribution in [0.2, 0.25) is 5.15 Å². The van der Waals surface area contributed by atoms with Crippen LogP contribution in [0.1, 0.15) is 18.4 Å². The molecule has 1 aliphatic rings. The quantitative estimate of drug-likeness (QED) is 0.839. The minimum Gasteiger partial charge on any atom is -0.379 e. The first-order valence-electron chi connectivity index (χ1n) is 5.96. The molecule has 18 heavy (non-hydrogen) atoms. The van der Waals surface area contributed by atoms with Crippen LogP contribution in [-0.4, -0.2) is 38.8 Å². The van der Waals surface area contributed by atoms with Crippen LogP contribution in [0.4, 0.5) is 5.82 Å². The Balaban J connectivity index is 1.98. The molecule has 0 bridgehead atoms. The van der Waals surface area contributed by atoms with Gasteiger partial charge in [0.1, 0.15) is 17.3 Å². The maximum Gasteiger partial charge on any atom is 0.255 e. The van der Waals surface area contributed by atoms with Crippen molar-refractivity contribution in [1.82, 2.24) is 19.6 Å². The fourth-order valence-electron chi connectivity index (χ4n) is 2.11. The predicted molar refractivity (Wildman–Crippen MR) is 68.0 cm³/mol. The highest BCUT2D eigenvalue weighted by molar-refractivity contribution is 6.30. The van der Waals surface area contributed by atoms with Crippen LogP contribution in [0.15, 0.2) is 6.33 Å². The molecule has 6 nitrogen and oxygen atoms in total. The van der Waals surface area contributed by atoms with E-state index in [1.54, 1.807) is 4.52 Å². The van der Waals surface area contributed by atoms with Crippen LogP contribution < -0.4 is 5.32 Å². The van der Waals surface area contributed by atoms with Gasteiger partial charge in [-0.05, 0) is 19.8 Å². The van der Waals surface area contributed by atoms with E-state index in [9.17, 15) is 0 Å². The zero-order valence-electron chi connectivity index (χ0n) is 10.1. The Hall–Kier alpha value is -1.40. The molecule has 1 saturated heterocycles. The highest BCUT2D eigenvalue weighted by Crippen LogP contribution is 2.23. The normalized spacial score (nSPS) is 20.2. The number of anilines is 1. The average Bonchev–Trinajstić information content (AvgIpc) is 2.84. The standard InChI is InChI=1S/C11H14ClN5O/c1-7-9(12)16-11-13-6-14-17(11)10(7)15-8-3-2-4-18-5-8/h6,8,15H,2-5H2,1H3. The summed E-state index contributed by atoms with van der Waals surface area (Å²) in [6, 6.07) is 0.281. The summed E-state index contributed by atoms with van der Waals surface area (Å²) in [6.07, 6.45) is 3.62. The molecule has 0 radical (unpaired) electrons. The fraction of sp³-hybridized carbons (Fsp3) is 0.545. The summed E-state index contributed by atoms with van der Waals surface area (Å²) in [6.45, 7) is 3.46. The first kappa shape index (κ1) is 11.7. The van der Waals surface area contributed by atoms with Gasteiger partial charge in [-0.3, -0.25) is 0 Å². The van der Waals surface area contributed by atoms with Crippen molar-refractivity contribution in [3.63, 3.8) is 0 Å². The number of halogens is 1. The van der Waals surface area contributed by atoms with Crippen molar-refractivity contribution in [2.45, 2.75) is 25.8 Å². The zero-order valence-corrected chi connectivity index (χ0v) is 10.8. The van der Waals surface area contributed by atoms with E-state index in [4.69, 9.17) is 16.3 Å². The summed E-state index contributed by atoms with van der Waals surface area (Å²) in [5.74, 6) is 1.35. The first-order chi connectivity index (χ1) is 8.75. The molecule has 3 heterocycles. The summed E-state index contributed by atoms with van der Waals surface area (Å²) in [5.41, 5.74) is 0.875. The lowest BCUT2D eigenvalue weighted by Gasteiger charge is -2.25. The van der Waals surface area contributed by atoms with Gasteiger partial charge in [0.25, 0.3) is 5.78 Å². The second-order valence-electron chi connectivity index (χ2n) is 4.41. The molecule has 0 aromatic carbocycles. The van der Waals surface area contributed by atoms with Gasteiger partial charge in [-0.25, -0.2) is 0 Å². The molecule has 7 heteroatoms. The van der Waals surface area contributed by atoms with Crippen LogP contribution in [0.3, 0.4) is 0 Å². The Morgan fingerprint density at radius 1 is 1.56 bits per heavy atom. The second-order valence-corrected chi connectivity index (χ2v) is 4.76. The maximum atomic E-state index is 6.10. The molecular formula is C11H14ClN5O. The van der Waals surface area contributed by atoms with E-state index in [0.717, 1.165) is 30.8 Å². The van der Waals surface area contributed by atoms with Gasteiger partial charge in [-0.2, -0.15) is 19.6 Å². The number of fused-ring (bicyclic) bond motifs is 1. The van der Waals surface area contributed by atoms with Crippen LogP contribution in [0.5, 0.6) is 0 Å². The maximum absolute atomic E-state index is 6.10. The number of nitrogens with zero attached hydrogens (tertiary/aromatic N) is 4. The Bertz CT molecular complexity index is 564. The molecule has 1 atom stereocenters. The monoisotopic (exact) mass is 267 g/mol. The van der Waals surface area contributed by atoms with E-state index in [1.807, 2.05) is 6.92 Å². The van der Waals surface area contributed by atoms with E-state index < -0.39 is 0 Å². The van der Waals surface area contributed by atoms with E-state index in [2.05, 4.69) is 20.4 Å². The number of nitrogens with one attached hydrogen (secondary N) is 1. The zero-order chi connectivity index (χ0) is 12.5. The molecule has 1 aliphatic heterocycles. The third-order valence-electron chi connectivity index (χ3n) is 3.11. The molecule has 3 rings (SSSR count). The lowest BCUT2D eigenvalue weighted by atomic mass is 10.1. The van der Waals surface area contributed by atoms with E-state index in [0.29, 0.717) is 17.5 Å². The van der Waals surface area contributed by atoms with Crippen LogP contribution >= 0.6 is 11.6 Å². The van der Waals surface area contributed by atoms with Crippen molar-refractivity contribution in [3.8, 4) is 0 Å². The molecule has 2 aromatic heterocycles. The lowest BCUT2D eigenvalue weighted by Crippen LogP contribution is -2.31. The topological polar surface area (TPSA) is 64.3 Å². The Labute approximate surface area is 109 Å². The summed E-state index contributed by atoms with van der Waals surface area (Å²) in [7, 11) is 0. The molecule has 1 fully saturated rings. The number of hydrogen-bond donors (Lipinski definition) is 1. The number of ether oxygens (including phenoxy) is 1. The van der Waals surface area contributed by atoms with Gasteiger partial charge in [0, 0.05) is 12.2 Å². The van der Waals surface area contributed by atoms with Gasteiger partial charge in [-0.1, -0.05) is 11.6 Å². The molecule has 1 N–H and O–H groups in total. The minimum absolute atomic E-state index is 0.281. The van der Waals surface area contributed by atoms with Crippen molar-refractivity contribution in [2.75, 3.05) is 18.5 Å². The van der Waals surface area contributed by atoms with Crippen LogP contribution in [0.25, 0.3) is 5.78 Å². The minimum atomic E-state index is 0.281. The summed E-state index contributed by atoms with van der Waals surface area (Å²) in [4.78, 5) is 8.23. The fourth-order valence-corrected chi connectivity index (χ4v) is 2.28. The Morgan fingerprint density at radius 3 is 3.22 bits per heavy atom. The Kier molecular flexibility index (Phi) is 3.05. The largest absolute Gasteiger partial charge is 0.379 e. The third kappa shape index (κ3) is 2.02. The highest BCUT2D eigenvalue weighted by Gasteiger charge is 2.18. The molecule has 2 aromatic rings. The summed E-state index contributed by atoms with van der Waals surface area (Å²) >= 11 is 6.10. The van der Waals surface area contributed by atoms with Gasteiger partial charge in [0.15, 0.2) is 0 Å². The van der Waals surface area contributed by atoms with Crippen molar-refractivity contribution >= 4 is 23.2 Å². The van der Waals surface area contributed by atoms with Crippen molar-refractivity contribution in [2.24, 2.45) is 0 Å². The van der Waals surface area contributed by atoms with Gasteiger partial charge in [-0.15, -0.1) is 0 Å². The van der Waals surface area contributed by atoms with Crippen molar-refractivity contribution < 1.29 is 4.74 Å². The molecule has 0 saturated carbocycles. The smallest absolute Gasteiger partial charge is 0.255 e. The van der Waals surface area contributed by atoms with Crippen LogP contribution in [0, 0.1) is 6.92 Å². The molecular weight excluding hydrogens is 254 g/mol. The van der Waals surface area contributed by atoms with Crippen molar-refractivity contribution in [3.05, 3.63) is 17.0 Å². The number of hydrogen-bond acceptors (Lipinski definition) is 5. The van der Waals surface area contributed by atoms with Crippen molar-refractivity contribution in [1.29, 1.82) is 0 Å². The number of aromatic nitrogens is 4. The predicted octanol–water partition coefficient (Wildman–Crippen LogP) is 1.68. The Morgan fingerprint density at radius 2 is 2.44 bits per heavy atom. The molecule has 0 spiro atoms. The van der Waals surface area contributed by atoms with Gasteiger partial charge in [0.2, 0.25) is 0 Å². The lowest BCUT2D eigenvalue weighted by molar-refractivity contribution is 0.0874. The van der Waals surface area contributed by atoms with Gasteiger partial charge < -0.3 is 10.1 Å². The average molecular weight is 268 g/mol. The highest BCUT2D eigenvalue weighted by atomic mass is 35.5. The SMILES string of the molecule is Cc1c(Cl)nc2ncnn2c1NC1CCCOC1. The summed E-state index contributed by atoms with van der Waals surface area (Å²) in [5, 5.41) is 8.05. The van der Waals surface area contributed by atoms with Gasteiger partial charge >= 0.3 is 0 Å². The number of rotatable bonds is 2. The molecule has 0 aliphatic carbocycles. The second kappa shape index (κ2) is 4.70. The third-order valence-corrected chi connectivity index (χ3v) is 3.47. The van der Waals surface area contributed by atoms with E-state index >= 15 is 0 Å². The molecule has 1 unspecified atom stereocenters. The van der Waals surface area contributed by atoms with E-state index in [-0.39, 0.29) is 6.04 Å². The van der Waals surface area contributed by atoms with Crippen LogP contribution in [-0.2, 0) is 4.74 Å². The first-order valence-corrected chi connectivity index (χ1v) is 6.33. The summed E-state index contributed by atoms with van der Waals surface area (Å²) < 4.78 is 7.14. The van der Waals surface area contributed by atoms with E-state index in [1.165, 1.54) is 6.33 Å². The molecule has 96 valence electrons. The van der Waals surface area contributed by atoms with Gasteiger partial charge in [0.05, 0.1) is 12.6 Å². The molecule has 0 amide bonds.